The molecule has 3 rings (SSSR count). The largest absolute Gasteiger partial charge is 0.397 e. The number of hydrogen-bond acceptors (Lipinski definition) is 5. The van der Waals surface area contributed by atoms with Crippen LogP contribution in [0.25, 0.3) is 10.9 Å². The fourth-order valence-electron chi connectivity index (χ4n) is 2.08. The van der Waals surface area contributed by atoms with E-state index in [0.717, 1.165) is 38.0 Å². The molecule has 0 aliphatic carbocycles. The van der Waals surface area contributed by atoms with Gasteiger partial charge < -0.3 is 5.73 Å². The van der Waals surface area contributed by atoms with Crippen molar-refractivity contribution in [1.29, 1.82) is 0 Å². The first kappa shape index (κ1) is 12.9. The van der Waals surface area contributed by atoms with Gasteiger partial charge in [0.05, 0.1) is 11.2 Å². The molecule has 4 nitrogen and oxygen atoms in total. The number of nitrogens with two attached hydrogens (primary N) is 1. The van der Waals surface area contributed by atoms with Gasteiger partial charge in [0.15, 0.2) is 5.16 Å². The molecule has 0 radical (unpaired) electrons. The van der Waals surface area contributed by atoms with E-state index >= 15 is 0 Å². The Kier molecular flexibility index (Phi) is 3.28. The quantitative estimate of drug-likeness (QED) is 0.576. The normalized spacial score (nSPS) is 10.9. The number of nitrogen functional groups attached to an aromatic ring is 1. The molecular weight excluding hydrogens is 268 g/mol. The summed E-state index contributed by atoms with van der Waals surface area (Å²) >= 11 is 1.48. The lowest BCUT2D eigenvalue weighted by Gasteiger charge is -2.08. The Morgan fingerprint density at radius 3 is 2.55 bits per heavy atom. The number of fused-ring (bicyclic) bond motifs is 1. The Morgan fingerprint density at radius 1 is 1.05 bits per heavy atom. The van der Waals surface area contributed by atoms with Crippen LogP contribution in [-0.2, 0) is 0 Å². The van der Waals surface area contributed by atoms with E-state index in [4.69, 9.17) is 5.73 Å². The van der Waals surface area contributed by atoms with Gasteiger partial charge in [-0.3, -0.25) is 4.98 Å². The Balaban J connectivity index is 2.04. The van der Waals surface area contributed by atoms with Crippen LogP contribution in [0.1, 0.15) is 11.4 Å². The Bertz CT molecular complexity index is 766. The minimum absolute atomic E-state index is 0.720. The Morgan fingerprint density at radius 2 is 1.80 bits per heavy atom. The van der Waals surface area contributed by atoms with Gasteiger partial charge in [0, 0.05) is 27.9 Å². The molecule has 5 heteroatoms. The van der Waals surface area contributed by atoms with Gasteiger partial charge in [0.1, 0.15) is 0 Å². The van der Waals surface area contributed by atoms with Gasteiger partial charge in [-0.2, -0.15) is 0 Å². The molecule has 2 aromatic heterocycles. The number of rotatable bonds is 2. The average molecular weight is 282 g/mol. The molecule has 0 unspecified atom stereocenters. The van der Waals surface area contributed by atoms with Crippen molar-refractivity contribution in [3.05, 3.63) is 47.9 Å². The summed E-state index contributed by atoms with van der Waals surface area (Å²) in [5.41, 5.74) is 9.77. The number of aryl methyl sites for hydroxylation is 2. The van der Waals surface area contributed by atoms with E-state index in [2.05, 4.69) is 15.0 Å². The van der Waals surface area contributed by atoms with Gasteiger partial charge in [-0.15, -0.1) is 0 Å². The van der Waals surface area contributed by atoms with Crippen LogP contribution in [0.15, 0.2) is 46.6 Å². The third-order valence-electron chi connectivity index (χ3n) is 2.95. The molecule has 3 aromatic rings. The molecular formula is C15H14N4S. The maximum atomic E-state index is 6.23. The molecule has 100 valence electrons. The first-order chi connectivity index (χ1) is 9.63. The molecule has 0 aliphatic heterocycles. The van der Waals surface area contributed by atoms with Gasteiger partial charge >= 0.3 is 0 Å². The first-order valence-corrected chi connectivity index (χ1v) is 7.08. The molecule has 1 aromatic carbocycles. The molecule has 2 heterocycles. The van der Waals surface area contributed by atoms with Crippen molar-refractivity contribution in [3.8, 4) is 0 Å². The highest BCUT2D eigenvalue weighted by Crippen LogP contribution is 2.34. The van der Waals surface area contributed by atoms with E-state index in [0.29, 0.717) is 0 Å². The molecule has 0 atom stereocenters. The summed E-state index contributed by atoms with van der Waals surface area (Å²) in [6, 6.07) is 9.76. The monoisotopic (exact) mass is 282 g/mol. The number of aromatic nitrogens is 3. The van der Waals surface area contributed by atoms with Crippen LogP contribution in [0.3, 0.4) is 0 Å². The second kappa shape index (κ2) is 5.09. The third kappa shape index (κ3) is 2.44. The van der Waals surface area contributed by atoms with Crippen LogP contribution < -0.4 is 5.73 Å². The van der Waals surface area contributed by atoms with E-state index in [1.807, 2.05) is 44.2 Å². The van der Waals surface area contributed by atoms with Crippen LogP contribution in [0.4, 0.5) is 5.69 Å². The Labute approximate surface area is 121 Å². The topological polar surface area (TPSA) is 64.7 Å². The van der Waals surface area contributed by atoms with E-state index < -0.39 is 0 Å². The van der Waals surface area contributed by atoms with Crippen molar-refractivity contribution in [2.75, 3.05) is 5.73 Å². The molecule has 0 spiro atoms. The summed E-state index contributed by atoms with van der Waals surface area (Å²) < 4.78 is 0. The highest BCUT2D eigenvalue weighted by molar-refractivity contribution is 7.99. The van der Waals surface area contributed by atoms with E-state index in [1.165, 1.54) is 11.8 Å². The van der Waals surface area contributed by atoms with Crippen LogP contribution in [0, 0.1) is 13.8 Å². The maximum absolute atomic E-state index is 6.23. The zero-order chi connectivity index (χ0) is 14.1. The second-order valence-electron chi connectivity index (χ2n) is 4.58. The lowest BCUT2D eigenvalue weighted by atomic mass is 10.2. The number of pyridine rings is 1. The van der Waals surface area contributed by atoms with Crippen LogP contribution in [0.2, 0.25) is 0 Å². The van der Waals surface area contributed by atoms with Crippen LogP contribution in [-0.4, -0.2) is 15.0 Å². The molecule has 2 N–H and O–H groups in total. The van der Waals surface area contributed by atoms with Crippen molar-refractivity contribution in [1.82, 2.24) is 15.0 Å². The molecule has 0 saturated heterocycles. The van der Waals surface area contributed by atoms with Crippen LogP contribution in [0.5, 0.6) is 0 Å². The van der Waals surface area contributed by atoms with E-state index in [9.17, 15) is 0 Å². The average Bonchev–Trinajstić information content (AvgIpc) is 2.41. The van der Waals surface area contributed by atoms with Gasteiger partial charge in [0.2, 0.25) is 0 Å². The number of nitrogens with zero attached hydrogens (tertiary/aromatic N) is 3. The number of benzene rings is 1. The summed E-state index contributed by atoms with van der Waals surface area (Å²) in [4.78, 5) is 14.1. The lowest BCUT2D eigenvalue weighted by Crippen LogP contribution is -1.95. The van der Waals surface area contributed by atoms with E-state index in [1.54, 1.807) is 6.20 Å². The van der Waals surface area contributed by atoms with Gasteiger partial charge in [-0.1, -0.05) is 0 Å². The molecule has 0 fully saturated rings. The second-order valence-corrected chi connectivity index (χ2v) is 5.59. The lowest BCUT2D eigenvalue weighted by molar-refractivity contribution is 0.902. The molecule has 0 aliphatic rings. The fourth-order valence-corrected chi connectivity index (χ4v) is 3.01. The highest BCUT2D eigenvalue weighted by Gasteiger charge is 2.09. The summed E-state index contributed by atoms with van der Waals surface area (Å²) in [6.07, 6.45) is 1.77. The van der Waals surface area contributed by atoms with Crippen molar-refractivity contribution in [3.63, 3.8) is 0 Å². The standard InChI is InChI=1S/C15H14N4S/c1-9-8-10(2)19-15(18-9)20-13-6-5-12-11(14(13)16)4-3-7-17-12/h3-8H,16H2,1-2H3. The SMILES string of the molecule is Cc1cc(C)nc(Sc2ccc3ncccc3c2N)n1. The highest BCUT2D eigenvalue weighted by atomic mass is 32.2. The summed E-state index contributed by atoms with van der Waals surface area (Å²) in [7, 11) is 0. The predicted molar refractivity (Wildman–Crippen MR) is 81.8 cm³/mol. The minimum atomic E-state index is 0.720. The summed E-state index contributed by atoms with van der Waals surface area (Å²) in [6.45, 7) is 3.93. The predicted octanol–water partition coefficient (Wildman–Crippen LogP) is 3.38. The number of anilines is 1. The number of hydrogen-bond donors (Lipinski definition) is 1. The first-order valence-electron chi connectivity index (χ1n) is 6.27. The Hall–Kier alpha value is -2.14. The summed E-state index contributed by atoms with van der Waals surface area (Å²) in [5, 5.41) is 1.68. The van der Waals surface area contributed by atoms with Crippen molar-refractivity contribution in [2.24, 2.45) is 0 Å². The summed E-state index contributed by atoms with van der Waals surface area (Å²) in [5.74, 6) is 0. The van der Waals surface area contributed by atoms with Gasteiger partial charge in [-0.05, 0) is 55.9 Å². The zero-order valence-corrected chi connectivity index (χ0v) is 12.1. The van der Waals surface area contributed by atoms with Crippen molar-refractivity contribution >= 4 is 28.4 Å². The van der Waals surface area contributed by atoms with E-state index in [-0.39, 0.29) is 0 Å². The molecule has 0 amide bonds. The molecule has 0 saturated carbocycles. The third-order valence-corrected chi connectivity index (χ3v) is 3.89. The van der Waals surface area contributed by atoms with Crippen LogP contribution >= 0.6 is 11.8 Å². The molecule has 20 heavy (non-hydrogen) atoms. The fraction of sp³-hybridized carbons (Fsp3) is 0.133. The minimum Gasteiger partial charge on any atom is -0.397 e. The van der Waals surface area contributed by atoms with Crippen molar-refractivity contribution in [2.45, 2.75) is 23.9 Å². The molecule has 0 bridgehead atoms. The van der Waals surface area contributed by atoms with Gasteiger partial charge in [0.25, 0.3) is 0 Å². The van der Waals surface area contributed by atoms with Crippen molar-refractivity contribution < 1.29 is 0 Å². The van der Waals surface area contributed by atoms with Gasteiger partial charge in [-0.25, -0.2) is 9.97 Å². The smallest absolute Gasteiger partial charge is 0.192 e. The zero-order valence-electron chi connectivity index (χ0n) is 11.3. The maximum Gasteiger partial charge on any atom is 0.192 e.